The number of hydrogen-bond donors (Lipinski definition) is 1. The number of aliphatic carboxylic acids is 1. The SMILES string of the molecule is C=CCC[C@@H](OCC)[C@@H](C)C(=O)O. The fourth-order valence-corrected chi connectivity index (χ4v) is 1.13. The van der Waals surface area contributed by atoms with Crippen LogP contribution in [0.4, 0.5) is 0 Å². The van der Waals surface area contributed by atoms with Gasteiger partial charge in [-0.25, -0.2) is 0 Å². The molecule has 0 fully saturated rings. The molecule has 0 aliphatic heterocycles. The first-order valence-electron chi connectivity index (χ1n) is 4.58. The average Bonchev–Trinajstić information content (AvgIpc) is 2.11. The van der Waals surface area contributed by atoms with Crippen molar-refractivity contribution in [3.8, 4) is 0 Å². The maximum absolute atomic E-state index is 10.7. The van der Waals surface area contributed by atoms with Gasteiger partial charge in [0.15, 0.2) is 0 Å². The number of rotatable bonds is 7. The summed E-state index contributed by atoms with van der Waals surface area (Å²) in [6.45, 7) is 7.69. The molecule has 0 aliphatic rings. The Morgan fingerprint density at radius 2 is 2.31 bits per heavy atom. The minimum Gasteiger partial charge on any atom is -0.481 e. The number of allylic oxidation sites excluding steroid dienone is 1. The smallest absolute Gasteiger partial charge is 0.308 e. The molecule has 0 aromatic carbocycles. The van der Waals surface area contributed by atoms with Crippen LogP contribution in [0.2, 0.25) is 0 Å². The van der Waals surface area contributed by atoms with E-state index >= 15 is 0 Å². The zero-order valence-corrected chi connectivity index (χ0v) is 8.32. The first-order valence-corrected chi connectivity index (χ1v) is 4.58. The maximum Gasteiger partial charge on any atom is 0.308 e. The highest BCUT2D eigenvalue weighted by atomic mass is 16.5. The van der Waals surface area contributed by atoms with Gasteiger partial charge >= 0.3 is 5.97 Å². The fraction of sp³-hybridized carbons (Fsp3) is 0.700. The lowest BCUT2D eigenvalue weighted by Gasteiger charge is -2.19. The Bertz CT molecular complexity index is 166. The predicted molar refractivity (Wildman–Crippen MR) is 51.6 cm³/mol. The molecule has 3 nitrogen and oxygen atoms in total. The third kappa shape index (κ3) is 4.68. The molecule has 0 rings (SSSR count). The van der Waals surface area contributed by atoms with E-state index in [4.69, 9.17) is 9.84 Å². The van der Waals surface area contributed by atoms with Gasteiger partial charge in [-0.1, -0.05) is 6.08 Å². The Balaban J connectivity index is 4.05. The second kappa shape index (κ2) is 6.66. The molecule has 2 atom stereocenters. The lowest BCUT2D eigenvalue weighted by Crippen LogP contribution is -2.28. The number of ether oxygens (including phenoxy) is 1. The molecular formula is C10H18O3. The maximum atomic E-state index is 10.7. The summed E-state index contributed by atoms with van der Waals surface area (Å²) < 4.78 is 5.34. The average molecular weight is 186 g/mol. The Morgan fingerprint density at radius 1 is 1.69 bits per heavy atom. The van der Waals surface area contributed by atoms with Crippen LogP contribution in [0.1, 0.15) is 26.7 Å². The molecule has 13 heavy (non-hydrogen) atoms. The molecule has 0 aromatic rings. The molecule has 0 spiro atoms. The van der Waals surface area contributed by atoms with Gasteiger partial charge in [-0.15, -0.1) is 6.58 Å². The Labute approximate surface area is 79.4 Å². The third-order valence-electron chi connectivity index (χ3n) is 1.98. The summed E-state index contributed by atoms with van der Waals surface area (Å²) in [6, 6.07) is 0. The highest BCUT2D eigenvalue weighted by Gasteiger charge is 2.22. The van der Waals surface area contributed by atoms with Gasteiger partial charge in [0.2, 0.25) is 0 Å². The van der Waals surface area contributed by atoms with Crippen LogP contribution in [0.25, 0.3) is 0 Å². The Morgan fingerprint density at radius 3 is 2.69 bits per heavy atom. The molecule has 0 saturated heterocycles. The first kappa shape index (κ1) is 12.2. The molecule has 0 saturated carbocycles. The van der Waals surface area contributed by atoms with E-state index in [1.807, 2.05) is 6.92 Å². The molecule has 0 heterocycles. The van der Waals surface area contributed by atoms with E-state index < -0.39 is 11.9 Å². The van der Waals surface area contributed by atoms with Gasteiger partial charge in [0.05, 0.1) is 12.0 Å². The molecule has 0 amide bonds. The summed E-state index contributed by atoms with van der Waals surface area (Å²) >= 11 is 0. The third-order valence-corrected chi connectivity index (χ3v) is 1.98. The standard InChI is InChI=1S/C10H18O3/c1-4-6-7-9(13-5-2)8(3)10(11)12/h4,8-9H,1,5-7H2,2-3H3,(H,11,12)/t8-,9-/m1/s1. The molecule has 0 aliphatic carbocycles. The normalized spacial score (nSPS) is 14.9. The van der Waals surface area contributed by atoms with Crippen molar-refractivity contribution in [1.29, 1.82) is 0 Å². The highest BCUT2D eigenvalue weighted by molar-refractivity contribution is 5.70. The van der Waals surface area contributed by atoms with Crippen LogP contribution in [0.5, 0.6) is 0 Å². The summed E-state index contributed by atoms with van der Waals surface area (Å²) in [6.07, 6.45) is 3.11. The van der Waals surface area contributed by atoms with Crippen molar-refractivity contribution in [2.24, 2.45) is 5.92 Å². The second-order valence-corrected chi connectivity index (χ2v) is 2.99. The summed E-state index contributed by atoms with van der Waals surface area (Å²) in [7, 11) is 0. The topological polar surface area (TPSA) is 46.5 Å². The van der Waals surface area contributed by atoms with Crippen molar-refractivity contribution in [2.45, 2.75) is 32.8 Å². The first-order chi connectivity index (χ1) is 6.13. The van der Waals surface area contributed by atoms with Crippen molar-refractivity contribution in [2.75, 3.05) is 6.61 Å². The number of carboxylic acids is 1. The van der Waals surface area contributed by atoms with Crippen LogP contribution in [0.3, 0.4) is 0 Å². The minimum atomic E-state index is -0.803. The van der Waals surface area contributed by atoms with E-state index in [2.05, 4.69) is 6.58 Å². The van der Waals surface area contributed by atoms with Crippen molar-refractivity contribution in [1.82, 2.24) is 0 Å². The quantitative estimate of drug-likeness (QED) is 0.619. The van der Waals surface area contributed by atoms with Crippen LogP contribution < -0.4 is 0 Å². The largest absolute Gasteiger partial charge is 0.481 e. The Hall–Kier alpha value is -0.830. The van der Waals surface area contributed by atoms with Gasteiger partial charge in [-0.2, -0.15) is 0 Å². The Kier molecular flexibility index (Phi) is 6.24. The van der Waals surface area contributed by atoms with Crippen LogP contribution in [0, 0.1) is 5.92 Å². The minimum absolute atomic E-state index is 0.194. The van der Waals surface area contributed by atoms with Crippen molar-refractivity contribution in [3.63, 3.8) is 0 Å². The molecule has 76 valence electrons. The fourth-order valence-electron chi connectivity index (χ4n) is 1.13. The van der Waals surface area contributed by atoms with Gasteiger partial charge in [-0.3, -0.25) is 4.79 Å². The van der Waals surface area contributed by atoms with Crippen molar-refractivity contribution >= 4 is 5.97 Å². The van der Waals surface area contributed by atoms with Gasteiger partial charge in [-0.05, 0) is 26.7 Å². The van der Waals surface area contributed by atoms with Crippen molar-refractivity contribution in [3.05, 3.63) is 12.7 Å². The van der Waals surface area contributed by atoms with Gasteiger partial charge in [0, 0.05) is 6.61 Å². The number of carbonyl (C=O) groups is 1. The summed E-state index contributed by atoms with van der Waals surface area (Å²) in [4.78, 5) is 10.7. The van der Waals surface area contributed by atoms with Gasteiger partial charge in [0.1, 0.15) is 0 Å². The molecular weight excluding hydrogens is 168 g/mol. The molecule has 0 unspecified atom stereocenters. The zero-order valence-electron chi connectivity index (χ0n) is 8.32. The lowest BCUT2D eigenvalue weighted by atomic mass is 10.0. The van der Waals surface area contributed by atoms with E-state index in [0.717, 1.165) is 12.8 Å². The molecule has 0 radical (unpaired) electrons. The van der Waals surface area contributed by atoms with Crippen LogP contribution in [0.15, 0.2) is 12.7 Å². The summed E-state index contributed by atoms with van der Waals surface area (Å²) in [5, 5.41) is 8.77. The lowest BCUT2D eigenvalue weighted by molar-refractivity contribution is -0.146. The van der Waals surface area contributed by atoms with E-state index in [9.17, 15) is 4.79 Å². The van der Waals surface area contributed by atoms with Gasteiger partial charge in [0.25, 0.3) is 0 Å². The van der Waals surface area contributed by atoms with Crippen LogP contribution in [-0.2, 0) is 9.53 Å². The molecule has 1 N–H and O–H groups in total. The van der Waals surface area contributed by atoms with E-state index in [1.54, 1.807) is 13.0 Å². The number of hydrogen-bond acceptors (Lipinski definition) is 2. The molecule has 0 bridgehead atoms. The van der Waals surface area contributed by atoms with Crippen molar-refractivity contribution < 1.29 is 14.6 Å². The number of carboxylic acid groups (broad SMARTS) is 1. The molecule has 3 heteroatoms. The predicted octanol–water partition coefficient (Wildman–Crippen LogP) is 2.08. The van der Waals surface area contributed by atoms with Crippen LogP contribution in [-0.4, -0.2) is 23.8 Å². The van der Waals surface area contributed by atoms with Crippen LogP contribution >= 0.6 is 0 Å². The highest BCUT2D eigenvalue weighted by Crippen LogP contribution is 2.14. The summed E-state index contributed by atoms with van der Waals surface area (Å²) in [5.41, 5.74) is 0. The van der Waals surface area contributed by atoms with Gasteiger partial charge < -0.3 is 9.84 Å². The van der Waals surface area contributed by atoms with E-state index in [1.165, 1.54) is 0 Å². The molecule has 0 aromatic heterocycles. The summed E-state index contributed by atoms with van der Waals surface area (Å²) in [5.74, 6) is -1.25. The monoisotopic (exact) mass is 186 g/mol. The van der Waals surface area contributed by atoms with E-state index in [-0.39, 0.29) is 6.10 Å². The second-order valence-electron chi connectivity index (χ2n) is 2.99. The van der Waals surface area contributed by atoms with E-state index in [0.29, 0.717) is 6.61 Å². The zero-order chi connectivity index (χ0) is 10.3.